The van der Waals surface area contributed by atoms with Gasteiger partial charge in [-0.1, -0.05) is 35.3 Å². The molecule has 3 aromatic rings. The van der Waals surface area contributed by atoms with E-state index >= 15 is 0 Å². The fraction of sp³-hybridized carbons (Fsp3) is 0.0476. The van der Waals surface area contributed by atoms with Gasteiger partial charge in [0.25, 0.3) is 0 Å². The van der Waals surface area contributed by atoms with Crippen molar-refractivity contribution in [2.24, 2.45) is 0 Å². The maximum absolute atomic E-state index is 12.8. The number of benzene rings is 2. The number of aryl methyl sites for hydroxylation is 1. The Morgan fingerprint density at radius 1 is 1.18 bits per heavy atom. The highest BCUT2D eigenvalue weighted by atomic mass is 35.5. The molecule has 2 aromatic carbocycles. The van der Waals surface area contributed by atoms with E-state index in [9.17, 15) is 9.59 Å². The Balaban J connectivity index is 1.64. The smallest absolute Gasteiger partial charge is 0.353 e. The highest BCUT2D eigenvalue weighted by Crippen LogP contribution is 2.38. The molecule has 0 atom stereocenters. The van der Waals surface area contributed by atoms with Crippen molar-refractivity contribution in [2.75, 3.05) is 0 Å². The number of hydrogen-bond acceptors (Lipinski definition) is 5. The SMILES string of the molecule is Cc1cc(OC(=O)c2cccs2)cc2c1C(=O)/C(=C/c1ccc(Cl)cc1Cl)O2. The van der Waals surface area contributed by atoms with Crippen LogP contribution in [0.1, 0.15) is 31.2 Å². The summed E-state index contributed by atoms with van der Waals surface area (Å²) < 4.78 is 11.1. The molecule has 1 aliphatic rings. The van der Waals surface area contributed by atoms with Gasteiger partial charge in [-0.2, -0.15) is 0 Å². The van der Waals surface area contributed by atoms with E-state index in [4.69, 9.17) is 32.7 Å². The van der Waals surface area contributed by atoms with Gasteiger partial charge in [-0.15, -0.1) is 11.3 Å². The number of allylic oxidation sites excluding steroid dienone is 1. The summed E-state index contributed by atoms with van der Waals surface area (Å²) in [5, 5.41) is 2.71. The lowest BCUT2D eigenvalue weighted by Crippen LogP contribution is -2.06. The molecule has 4 nitrogen and oxygen atoms in total. The highest BCUT2D eigenvalue weighted by molar-refractivity contribution is 7.12. The maximum Gasteiger partial charge on any atom is 0.353 e. The molecule has 1 aliphatic heterocycles. The zero-order valence-corrected chi connectivity index (χ0v) is 16.8. The molecule has 0 spiro atoms. The van der Waals surface area contributed by atoms with Crippen LogP contribution in [0.2, 0.25) is 10.0 Å². The average molecular weight is 431 g/mol. The van der Waals surface area contributed by atoms with E-state index in [0.29, 0.717) is 43.1 Å². The quantitative estimate of drug-likeness (QED) is 0.282. The van der Waals surface area contributed by atoms with Gasteiger partial charge in [-0.3, -0.25) is 4.79 Å². The molecule has 0 fully saturated rings. The van der Waals surface area contributed by atoms with Crippen molar-refractivity contribution in [2.45, 2.75) is 6.92 Å². The molecule has 0 amide bonds. The predicted molar refractivity (Wildman–Crippen MR) is 110 cm³/mol. The molecular formula is C21H12Cl2O4S. The number of esters is 1. The van der Waals surface area contributed by atoms with Crippen LogP contribution in [-0.2, 0) is 0 Å². The first kappa shape index (κ1) is 18.7. The zero-order chi connectivity index (χ0) is 19.8. The Morgan fingerprint density at radius 3 is 2.71 bits per heavy atom. The van der Waals surface area contributed by atoms with Crippen molar-refractivity contribution in [3.8, 4) is 11.5 Å². The number of ketones is 1. The molecule has 0 radical (unpaired) electrons. The second-order valence-corrected chi connectivity index (χ2v) is 7.88. The summed E-state index contributed by atoms with van der Waals surface area (Å²) in [5.74, 6) is 0.0876. The fourth-order valence-corrected chi connectivity index (χ4v) is 3.91. The van der Waals surface area contributed by atoms with Gasteiger partial charge in [0.15, 0.2) is 5.76 Å². The molecule has 0 aliphatic carbocycles. The van der Waals surface area contributed by atoms with Gasteiger partial charge < -0.3 is 9.47 Å². The molecule has 2 heterocycles. The maximum atomic E-state index is 12.8. The monoisotopic (exact) mass is 430 g/mol. The van der Waals surface area contributed by atoms with Crippen LogP contribution in [0.15, 0.2) is 53.6 Å². The number of halogens is 2. The molecule has 28 heavy (non-hydrogen) atoms. The van der Waals surface area contributed by atoms with Crippen molar-refractivity contribution in [3.05, 3.63) is 85.2 Å². The summed E-state index contributed by atoms with van der Waals surface area (Å²) in [4.78, 5) is 25.4. The lowest BCUT2D eigenvalue weighted by Gasteiger charge is -2.06. The summed E-state index contributed by atoms with van der Waals surface area (Å²) in [6.45, 7) is 1.76. The van der Waals surface area contributed by atoms with Crippen molar-refractivity contribution in [1.29, 1.82) is 0 Å². The first-order chi connectivity index (χ1) is 13.4. The molecule has 1 aromatic heterocycles. The lowest BCUT2D eigenvalue weighted by atomic mass is 10.0. The third-order valence-corrected chi connectivity index (χ3v) is 5.54. The number of rotatable bonds is 3. The second kappa shape index (κ2) is 7.43. The fourth-order valence-electron chi connectivity index (χ4n) is 2.85. The van der Waals surface area contributed by atoms with Gasteiger partial charge >= 0.3 is 5.97 Å². The number of hydrogen-bond donors (Lipinski definition) is 0. The average Bonchev–Trinajstić information content (AvgIpc) is 3.26. The van der Waals surface area contributed by atoms with Crippen molar-refractivity contribution >= 4 is 52.4 Å². The Kier molecular flexibility index (Phi) is 4.98. The molecule has 140 valence electrons. The Bertz CT molecular complexity index is 1130. The second-order valence-electron chi connectivity index (χ2n) is 6.09. The van der Waals surface area contributed by atoms with E-state index < -0.39 is 5.97 Å². The molecular weight excluding hydrogens is 419 g/mol. The minimum absolute atomic E-state index is 0.143. The van der Waals surface area contributed by atoms with Crippen LogP contribution in [0.25, 0.3) is 6.08 Å². The largest absolute Gasteiger partial charge is 0.452 e. The van der Waals surface area contributed by atoms with Crippen molar-refractivity contribution in [1.82, 2.24) is 0 Å². The summed E-state index contributed by atoms with van der Waals surface area (Å²) in [6.07, 6.45) is 1.57. The van der Waals surface area contributed by atoms with E-state index in [2.05, 4.69) is 0 Å². The van der Waals surface area contributed by atoms with Crippen LogP contribution >= 0.6 is 34.5 Å². The Labute approximate surface area is 174 Å². The number of carbonyl (C=O) groups is 2. The van der Waals surface area contributed by atoms with E-state index in [1.54, 1.807) is 54.8 Å². The zero-order valence-electron chi connectivity index (χ0n) is 14.5. The van der Waals surface area contributed by atoms with E-state index in [0.717, 1.165) is 0 Å². The summed E-state index contributed by atoms with van der Waals surface area (Å²) in [7, 11) is 0. The molecule has 7 heteroatoms. The van der Waals surface area contributed by atoms with Gasteiger partial charge in [0.1, 0.15) is 16.4 Å². The topological polar surface area (TPSA) is 52.6 Å². The third kappa shape index (κ3) is 3.56. The predicted octanol–water partition coefficient (Wildman–Crippen LogP) is 6.20. The number of carbonyl (C=O) groups excluding carboxylic acids is 2. The van der Waals surface area contributed by atoms with Crippen LogP contribution in [0.3, 0.4) is 0 Å². The van der Waals surface area contributed by atoms with E-state index in [1.807, 2.05) is 0 Å². The highest BCUT2D eigenvalue weighted by Gasteiger charge is 2.30. The standard InChI is InChI=1S/C21H12Cl2O4S/c1-11-7-14(26-21(25)18-3-2-6-28-18)10-16-19(11)20(24)17(27-16)8-12-4-5-13(22)9-15(12)23/h2-10H,1H3/b17-8-. The first-order valence-electron chi connectivity index (χ1n) is 8.22. The summed E-state index contributed by atoms with van der Waals surface area (Å²) in [5.41, 5.74) is 1.71. The van der Waals surface area contributed by atoms with Gasteiger partial charge in [0, 0.05) is 16.1 Å². The van der Waals surface area contributed by atoms with Gasteiger partial charge in [0.05, 0.1) is 5.56 Å². The van der Waals surface area contributed by atoms with E-state index in [-0.39, 0.29) is 11.5 Å². The van der Waals surface area contributed by atoms with E-state index in [1.165, 1.54) is 17.4 Å². The minimum Gasteiger partial charge on any atom is -0.452 e. The summed E-state index contributed by atoms with van der Waals surface area (Å²) >= 11 is 13.4. The number of Topliss-reactive ketones (excluding diaryl/α,β-unsaturated/α-hetero) is 1. The van der Waals surface area contributed by atoms with Crippen LogP contribution in [0.5, 0.6) is 11.5 Å². The number of fused-ring (bicyclic) bond motifs is 1. The Hall–Kier alpha value is -2.60. The summed E-state index contributed by atoms with van der Waals surface area (Å²) in [6, 6.07) is 11.6. The van der Waals surface area contributed by atoms with Gasteiger partial charge in [-0.05, 0) is 53.8 Å². The van der Waals surface area contributed by atoms with Gasteiger partial charge in [-0.25, -0.2) is 4.79 Å². The van der Waals surface area contributed by atoms with Crippen LogP contribution < -0.4 is 9.47 Å². The van der Waals surface area contributed by atoms with Crippen LogP contribution in [0, 0.1) is 6.92 Å². The van der Waals surface area contributed by atoms with Gasteiger partial charge in [0.2, 0.25) is 5.78 Å². The van der Waals surface area contributed by atoms with Crippen LogP contribution in [0.4, 0.5) is 0 Å². The Morgan fingerprint density at radius 2 is 2.00 bits per heavy atom. The third-order valence-electron chi connectivity index (χ3n) is 4.13. The first-order valence-corrected chi connectivity index (χ1v) is 9.85. The molecule has 0 N–H and O–H groups in total. The molecule has 4 rings (SSSR count). The normalized spacial score (nSPS) is 14.1. The molecule has 0 unspecified atom stereocenters. The lowest BCUT2D eigenvalue weighted by molar-refractivity contribution is 0.0739. The molecule has 0 saturated heterocycles. The molecule has 0 saturated carbocycles. The van der Waals surface area contributed by atoms with Crippen LogP contribution in [-0.4, -0.2) is 11.8 Å². The number of ether oxygens (including phenoxy) is 2. The number of thiophene rings is 1. The van der Waals surface area contributed by atoms with Crippen molar-refractivity contribution < 1.29 is 19.1 Å². The minimum atomic E-state index is -0.456. The van der Waals surface area contributed by atoms with Crippen molar-refractivity contribution in [3.63, 3.8) is 0 Å². The molecule has 0 bridgehead atoms.